The fourth-order valence-electron chi connectivity index (χ4n) is 1.29. The summed E-state index contributed by atoms with van der Waals surface area (Å²) < 4.78 is 27.4. The van der Waals surface area contributed by atoms with Gasteiger partial charge in [0, 0.05) is 10.9 Å². The van der Waals surface area contributed by atoms with Crippen LogP contribution in [-0.2, 0) is 0 Å². The Bertz CT molecular complexity index is 530. The maximum Gasteiger partial charge on any atom is 0.199 e. The molecule has 5 heteroatoms. The average molecular weight is 303 g/mol. The lowest BCUT2D eigenvalue weighted by molar-refractivity contribution is 0.103. The van der Waals surface area contributed by atoms with Crippen molar-refractivity contribution in [3.05, 3.63) is 56.2 Å². The first kappa shape index (κ1) is 11.4. The van der Waals surface area contributed by atoms with Gasteiger partial charge in [-0.15, -0.1) is 11.3 Å². The van der Waals surface area contributed by atoms with E-state index in [0.29, 0.717) is 0 Å². The molecule has 2 rings (SSSR count). The van der Waals surface area contributed by atoms with Gasteiger partial charge in [-0.05, 0) is 34.1 Å². The fraction of sp³-hybridized carbons (Fsp3) is 0. The molecular formula is C11H5BrF2OS. The molecule has 1 aromatic heterocycles. The van der Waals surface area contributed by atoms with Gasteiger partial charge < -0.3 is 0 Å². The summed E-state index contributed by atoms with van der Waals surface area (Å²) in [4.78, 5) is 11.8. The number of thiophene rings is 1. The predicted molar refractivity (Wildman–Crippen MR) is 61.8 cm³/mol. The van der Waals surface area contributed by atoms with Gasteiger partial charge in [-0.1, -0.05) is 6.07 Å². The van der Waals surface area contributed by atoms with Gasteiger partial charge in [0.25, 0.3) is 0 Å². The van der Waals surface area contributed by atoms with E-state index in [1.807, 2.05) is 0 Å². The topological polar surface area (TPSA) is 17.1 Å². The highest BCUT2D eigenvalue weighted by atomic mass is 79.9. The highest BCUT2D eigenvalue weighted by Gasteiger charge is 2.19. The van der Waals surface area contributed by atoms with Crippen molar-refractivity contribution in [3.63, 3.8) is 0 Å². The lowest BCUT2D eigenvalue weighted by atomic mass is 10.1. The van der Waals surface area contributed by atoms with Gasteiger partial charge in [0.1, 0.15) is 11.6 Å². The molecule has 1 nitrogen and oxygen atoms in total. The summed E-state index contributed by atoms with van der Waals surface area (Å²) in [6.07, 6.45) is 0. The van der Waals surface area contributed by atoms with E-state index in [0.717, 1.165) is 15.9 Å². The zero-order valence-corrected chi connectivity index (χ0v) is 10.2. The highest BCUT2D eigenvalue weighted by Crippen LogP contribution is 2.24. The van der Waals surface area contributed by atoms with Gasteiger partial charge in [-0.25, -0.2) is 8.78 Å². The molecule has 0 bridgehead atoms. The van der Waals surface area contributed by atoms with Crippen LogP contribution < -0.4 is 0 Å². The maximum atomic E-state index is 13.3. The largest absolute Gasteiger partial charge is 0.288 e. The van der Waals surface area contributed by atoms with Crippen LogP contribution in [0.15, 0.2) is 33.4 Å². The van der Waals surface area contributed by atoms with E-state index in [1.165, 1.54) is 17.4 Å². The molecule has 0 N–H and O–H groups in total. The van der Waals surface area contributed by atoms with Crippen LogP contribution in [0.3, 0.4) is 0 Å². The average Bonchev–Trinajstić information content (AvgIpc) is 2.64. The lowest BCUT2D eigenvalue weighted by Crippen LogP contribution is -2.06. The predicted octanol–water partition coefficient (Wildman–Crippen LogP) is 4.02. The number of carbonyl (C=O) groups is 1. The van der Waals surface area contributed by atoms with Gasteiger partial charge >= 0.3 is 0 Å². The third-order valence-corrected chi connectivity index (χ3v) is 3.52. The standard InChI is InChI=1S/C11H5BrF2OS/c12-9-4-6(5-16-9)11(15)10-7(13)2-1-3-8(10)14/h1-5H. The van der Waals surface area contributed by atoms with Gasteiger partial charge in [0.2, 0.25) is 0 Å². The van der Waals surface area contributed by atoms with E-state index < -0.39 is 23.0 Å². The number of rotatable bonds is 2. The van der Waals surface area contributed by atoms with Crippen LogP contribution in [-0.4, -0.2) is 5.78 Å². The normalized spacial score (nSPS) is 10.4. The summed E-state index contributed by atoms with van der Waals surface area (Å²) >= 11 is 4.48. The summed E-state index contributed by atoms with van der Waals surface area (Å²) in [6, 6.07) is 4.90. The third-order valence-electron chi connectivity index (χ3n) is 2.02. The van der Waals surface area contributed by atoms with E-state index in [9.17, 15) is 13.6 Å². The van der Waals surface area contributed by atoms with E-state index >= 15 is 0 Å². The van der Waals surface area contributed by atoms with E-state index in [-0.39, 0.29) is 5.56 Å². The van der Waals surface area contributed by atoms with Crippen molar-refractivity contribution in [2.75, 3.05) is 0 Å². The Morgan fingerprint density at radius 1 is 1.25 bits per heavy atom. The van der Waals surface area contributed by atoms with E-state index in [1.54, 1.807) is 11.4 Å². The number of carbonyl (C=O) groups excluding carboxylic acids is 1. The van der Waals surface area contributed by atoms with Crippen LogP contribution in [0.1, 0.15) is 15.9 Å². The molecule has 0 aliphatic carbocycles. The minimum absolute atomic E-state index is 0.279. The van der Waals surface area contributed by atoms with Gasteiger partial charge in [0.15, 0.2) is 5.78 Å². The van der Waals surface area contributed by atoms with Crippen LogP contribution in [0, 0.1) is 11.6 Å². The number of hydrogen-bond acceptors (Lipinski definition) is 2. The molecule has 16 heavy (non-hydrogen) atoms. The summed E-state index contributed by atoms with van der Waals surface area (Å²) in [5.74, 6) is -2.32. The van der Waals surface area contributed by atoms with Crippen molar-refractivity contribution in [1.82, 2.24) is 0 Å². The number of halogens is 3. The minimum atomic E-state index is -0.840. The molecule has 0 atom stereocenters. The zero-order valence-electron chi connectivity index (χ0n) is 7.84. The molecule has 1 aromatic carbocycles. The second-order valence-corrected chi connectivity index (χ2v) is 5.36. The quantitative estimate of drug-likeness (QED) is 0.766. The number of benzene rings is 1. The summed E-state index contributed by atoms with van der Waals surface area (Å²) in [5.41, 5.74) is -0.228. The van der Waals surface area contributed by atoms with Crippen molar-refractivity contribution in [2.45, 2.75) is 0 Å². The molecule has 0 unspecified atom stereocenters. The first-order chi connectivity index (χ1) is 7.59. The van der Waals surface area contributed by atoms with Crippen LogP contribution in [0.25, 0.3) is 0 Å². The maximum absolute atomic E-state index is 13.3. The third kappa shape index (κ3) is 2.05. The lowest BCUT2D eigenvalue weighted by Gasteiger charge is -2.01. The minimum Gasteiger partial charge on any atom is -0.288 e. The molecule has 82 valence electrons. The van der Waals surface area contributed by atoms with Gasteiger partial charge in [0.05, 0.1) is 9.35 Å². The molecule has 0 saturated heterocycles. The Balaban J connectivity index is 2.49. The smallest absolute Gasteiger partial charge is 0.199 e. The molecule has 0 aliphatic rings. The Labute approximate surface area is 103 Å². The summed E-state index contributed by atoms with van der Waals surface area (Å²) in [5, 5.41) is 1.55. The van der Waals surface area contributed by atoms with Gasteiger partial charge in [-0.3, -0.25) is 4.79 Å². The highest BCUT2D eigenvalue weighted by molar-refractivity contribution is 9.11. The molecule has 0 saturated carbocycles. The van der Waals surface area contributed by atoms with Gasteiger partial charge in [-0.2, -0.15) is 0 Å². The molecule has 1 heterocycles. The van der Waals surface area contributed by atoms with E-state index in [4.69, 9.17) is 0 Å². The Morgan fingerprint density at radius 3 is 2.38 bits per heavy atom. The van der Waals surface area contributed by atoms with Crippen LogP contribution >= 0.6 is 27.3 Å². The monoisotopic (exact) mass is 302 g/mol. The summed E-state index contributed by atoms with van der Waals surface area (Å²) in [6.45, 7) is 0. The molecule has 0 fully saturated rings. The number of hydrogen-bond donors (Lipinski definition) is 0. The first-order valence-corrected chi connectivity index (χ1v) is 5.99. The van der Waals surface area contributed by atoms with Crippen molar-refractivity contribution in [3.8, 4) is 0 Å². The SMILES string of the molecule is O=C(c1csc(Br)c1)c1c(F)cccc1F. The molecule has 0 spiro atoms. The Hall–Kier alpha value is -1.07. The zero-order chi connectivity index (χ0) is 11.7. The van der Waals surface area contributed by atoms with Crippen LogP contribution in [0.4, 0.5) is 8.78 Å². The molecule has 0 radical (unpaired) electrons. The molecule has 0 aliphatic heterocycles. The molecule has 0 amide bonds. The second-order valence-electron chi connectivity index (χ2n) is 3.07. The Kier molecular flexibility index (Phi) is 3.16. The molecule has 2 aromatic rings. The molecular weight excluding hydrogens is 298 g/mol. The van der Waals surface area contributed by atoms with E-state index in [2.05, 4.69) is 15.9 Å². The number of ketones is 1. The summed E-state index contributed by atoms with van der Waals surface area (Å²) in [7, 11) is 0. The second kappa shape index (κ2) is 4.43. The van der Waals surface area contributed by atoms with Crippen molar-refractivity contribution in [2.24, 2.45) is 0 Å². The first-order valence-electron chi connectivity index (χ1n) is 4.32. The Morgan fingerprint density at radius 2 is 1.88 bits per heavy atom. The van der Waals surface area contributed by atoms with Crippen molar-refractivity contribution >= 4 is 33.0 Å². The van der Waals surface area contributed by atoms with Crippen LogP contribution in [0.5, 0.6) is 0 Å². The van der Waals surface area contributed by atoms with Crippen LogP contribution in [0.2, 0.25) is 0 Å². The van der Waals surface area contributed by atoms with Crippen molar-refractivity contribution in [1.29, 1.82) is 0 Å². The fourth-order valence-corrected chi connectivity index (χ4v) is 2.42. The van der Waals surface area contributed by atoms with Crippen molar-refractivity contribution < 1.29 is 13.6 Å².